The van der Waals surface area contributed by atoms with Crippen molar-refractivity contribution in [3.05, 3.63) is 198 Å². The molecular formula is C68H72N4O. The molecule has 5 heteroatoms. The summed E-state index contributed by atoms with van der Waals surface area (Å²) in [7, 11) is 0. The Hall–Kier alpha value is -7.24. The third-order valence-electron chi connectivity index (χ3n) is 12.9. The van der Waals surface area contributed by atoms with E-state index in [1.807, 2.05) is 174 Å². The zero-order valence-corrected chi connectivity index (χ0v) is 44.1. The topological polar surface area (TPSA) is 35.9 Å². The Labute approximate surface area is 445 Å². The average Bonchev–Trinajstić information content (AvgIpc) is 4.19. The first-order valence-electron chi connectivity index (χ1n) is 29.8. The number of para-hydroxylation sites is 4. The number of benzene rings is 7. The van der Waals surface area contributed by atoms with Crippen molar-refractivity contribution in [2.45, 2.75) is 107 Å². The zero-order valence-electron chi connectivity index (χ0n) is 52.1. The van der Waals surface area contributed by atoms with Crippen LogP contribution in [0.5, 0.6) is 11.5 Å². The molecule has 0 atom stereocenters. The van der Waals surface area contributed by atoms with Crippen LogP contribution in [0.3, 0.4) is 0 Å². The Kier molecular flexibility index (Phi) is 11.2. The van der Waals surface area contributed by atoms with Gasteiger partial charge in [0.1, 0.15) is 17.3 Å². The smallest absolute Gasteiger partial charge is 0.269 e. The van der Waals surface area contributed by atoms with Gasteiger partial charge in [-0.15, -0.1) is 0 Å². The second-order valence-corrected chi connectivity index (χ2v) is 21.5. The van der Waals surface area contributed by atoms with Gasteiger partial charge in [0.15, 0.2) is 0 Å². The summed E-state index contributed by atoms with van der Waals surface area (Å²) in [6.07, 6.45) is -1.70. The Morgan fingerprint density at radius 1 is 0.534 bits per heavy atom. The van der Waals surface area contributed by atoms with E-state index >= 15 is 0 Å². The zero-order chi connectivity index (χ0) is 58.3. The highest BCUT2D eigenvalue weighted by molar-refractivity contribution is 6.09. The Bertz CT molecular complexity index is 3830. The third-order valence-corrected chi connectivity index (χ3v) is 12.9. The van der Waals surface area contributed by atoms with E-state index in [1.165, 1.54) is 5.56 Å². The predicted octanol–water partition coefficient (Wildman–Crippen LogP) is 17.4. The number of nitrogens with zero attached hydrogens (tertiary/aromatic N) is 4. The van der Waals surface area contributed by atoms with Gasteiger partial charge in [0.25, 0.3) is 6.33 Å². The molecule has 0 N–H and O–H groups in total. The van der Waals surface area contributed by atoms with E-state index in [4.69, 9.17) is 9.72 Å². The molecule has 0 saturated heterocycles. The van der Waals surface area contributed by atoms with Crippen molar-refractivity contribution in [2.75, 3.05) is 0 Å². The molecule has 73 heavy (non-hydrogen) atoms. The normalized spacial score (nSPS) is 14.6. The van der Waals surface area contributed by atoms with Crippen LogP contribution in [0.2, 0.25) is 0 Å². The van der Waals surface area contributed by atoms with Crippen LogP contribution in [0.25, 0.3) is 72.3 Å². The molecule has 10 aromatic rings. The Morgan fingerprint density at radius 2 is 1.07 bits per heavy atom. The molecule has 0 aliphatic heterocycles. The minimum atomic E-state index is -1.83. The quantitative estimate of drug-likeness (QED) is 0.0758. The molecule has 0 amide bonds. The maximum absolute atomic E-state index is 9.39. The number of hydrogen-bond acceptors (Lipinski definition) is 2. The Morgan fingerprint density at radius 3 is 1.66 bits per heavy atom. The van der Waals surface area contributed by atoms with Crippen molar-refractivity contribution >= 4 is 32.8 Å². The molecule has 3 aromatic heterocycles. The summed E-state index contributed by atoms with van der Waals surface area (Å²) in [6.45, 7) is 21.2. The van der Waals surface area contributed by atoms with E-state index < -0.39 is 49.2 Å². The predicted molar refractivity (Wildman–Crippen MR) is 306 cm³/mol. The molecule has 5 nitrogen and oxygen atoms in total. The van der Waals surface area contributed by atoms with E-state index in [-0.39, 0.29) is 5.41 Å². The fraction of sp³-hybridized carbons (Fsp3) is 0.294. The van der Waals surface area contributed by atoms with Crippen LogP contribution >= 0.6 is 0 Å². The molecular weight excluding hydrogens is 889 g/mol. The third kappa shape index (κ3) is 10.5. The molecule has 7 aromatic carbocycles. The minimum Gasteiger partial charge on any atom is -0.458 e. The van der Waals surface area contributed by atoms with Crippen molar-refractivity contribution in [3.63, 3.8) is 0 Å². The molecule has 0 saturated carbocycles. The van der Waals surface area contributed by atoms with Crippen LogP contribution in [-0.4, -0.2) is 14.1 Å². The summed E-state index contributed by atoms with van der Waals surface area (Å²) in [5, 5.41) is 2.19. The van der Waals surface area contributed by atoms with Crippen molar-refractivity contribution in [2.24, 2.45) is 23.7 Å². The van der Waals surface area contributed by atoms with Crippen molar-refractivity contribution in [1.82, 2.24) is 14.1 Å². The first-order valence-corrected chi connectivity index (χ1v) is 25.8. The molecule has 370 valence electrons. The van der Waals surface area contributed by atoms with E-state index in [0.29, 0.717) is 61.7 Å². The molecule has 0 bridgehead atoms. The maximum Gasteiger partial charge on any atom is 0.269 e. The van der Waals surface area contributed by atoms with E-state index in [0.717, 1.165) is 44.3 Å². The fourth-order valence-electron chi connectivity index (χ4n) is 9.99. The molecule has 0 aliphatic rings. The summed E-state index contributed by atoms with van der Waals surface area (Å²) in [5.74, 6) is 0.304. The van der Waals surface area contributed by atoms with Gasteiger partial charge in [0.2, 0.25) is 0 Å². The number of rotatable bonds is 15. The lowest BCUT2D eigenvalue weighted by atomic mass is 9.88. The van der Waals surface area contributed by atoms with Gasteiger partial charge in [-0.2, -0.15) is 0 Å². The molecule has 3 heterocycles. The first kappa shape index (κ1) is 40.3. The summed E-state index contributed by atoms with van der Waals surface area (Å²) in [6, 6.07) is 51.1. The highest BCUT2D eigenvalue weighted by Gasteiger charge is 2.23. The Balaban J connectivity index is 1.19. The van der Waals surface area contributed by atoms with Gasteiger partial charge in [0, 0.05) is 34.0 Å². The van der Waals surface area contributed by atoms with Crippen molar-refractivity contribution in [1.29, 1.82) is 0 Å². The largest absolute Gasteiger partial charge is 0.458 e. The standard InChI is InChI=1S/C68H72N4O/c1-44(2)30-48-34-49(31-45(3)4)37-52(36-48)58-21-17-22-59(53-38-50(32-46(5)6)35-51(39-53)33-47(7)8)67(58)71-43-70(63-24-14-15-25-64(63)71)55-18-16-19-56(41-55)73-57-26-27-61-60-20-12-13-23-62(60)72(65(61)42-57)66-40-54(28-29-69-66)68(9,10)11/h12-29,34-42,44-47H,30-33H2,1-11H3/i30D2,31D2,32D2,33D2. The summed E-state index contributed by atoms with van der Waals surface area (Å²) in [4.78, 5) is 4.88. The van der Waals surface area contributed by atoms with Gasteiger partial charge in [0.05, 0.1) is 33.4 Å². The van der Waals surface area contributed by atoms with Crippen LogP contribution in [0.15, 0.2) is 164 Å². The summed E-state index contributed by atoms with van der Waals surface area (Å²) < 4.78 is 88.0. The number of hydrogen-bond donors (Lipinski definition) is 0. The van der Waals surface area contributed by atoms with Gasteiger partial charge in [-0.05, 0) is 153 Å². The average molecular weight is 969 g/mol. The van der Waals surface area contributed by atoms with Gasteiger partial charge in [-0.3, -0.25) is 13.7 Å². The van der Waals surface area contributed by atoms with Crippen molar-refractivity contribution < 1.29 is 20.3 Å². The fourth-order valence-corrected chi connectivity index (χ4v) is 9.99. The second-order valence-electron chi connectivity index (χ2n) is 21.5. The maximum atomic E-state index is 9.39. The number of imidazole rings is 1. The first-order chi connectivity index (χ1) is 38.1. The van der Waals surface area contributed by atoms with Gasteiger partial charge >= 0.3 is 0 Å². The van der Waals surface area contributed by atoms with Crippen LogP contribution in [0.4, 0.5) is 0 Å². The van der Waals surface area contributed by atoms with Crippen LogP contribution in [0.1, 0.15) is 115 Å². The number of fused-ring (bicyclic) bond motifs is 4. The van der Waals surface area contributed by atoms with Gasteiger partial charge in [-0.1, -0.05) is 179 Å². The lowest BCUT2D eigenvalue weighted by Crippen LogP contribution is -2.31. The van der Waals surface area contributed by atoms with Gasteiger partial charge in [-0.25, -0.2) is 4.98 Å². The number of pyridine rings is 1. The highest BCUT2D eigenvalue weighted by Crippen LogP contribution is 2.39. The molecule has 0 unspecified atom stereocenters. The molecule has 0 radical (unpaired) electrons. The summed E-state index contributed by atoms with van der Waals surface area (Å²) >= 11 is 0. The lowest BCUT2D eigenvalue weighted by Gasteiger charge is -2.20. The monoisotopic (exact) mass is 969 g/mol. The van der Waals surface area contributed by atoms with Crippen LogP contribution in [0, 0.1) is 30.0 Å². The lowest BCUT2D eigenvalue weighted by molar-refractivity contribution is -0.571. The molecule has 0 fully saturated rings. The van der Waals surface area contributed by atoms with Crippen molar-refractivity contribution in [3.8, 4) is 50.9 Å². The summed E-state index contributed by atoms with van der Waals surface area (Å²) in [5.41, 5.74) is 9.90. The van der Waals surface area contributed by atoms with Gasteiger partial charge < -0.3 is 4.74 Å². The number of aromatic nitrogens is 4. The minimum absolute atomic E-state index is 0.0777. The van der Waals surface area contributed by atoms with E-state index in [1.54, 1.807) is 12.1 Å². The number of ether oxygens (including phenoxy) is 1. The second kappa shape index (κ2) is 20.3. The molecule has 0 aliphatic carbocycles. The SMILES string of the molecule is [2H]C([2H])(c1cc(-c2cccc(-c3cc(C([2H])([2H])C(C)C)cc(C([2H])([2H])C(C)C)c3)c2-[n+]2[c-]n(-c3cccc(Oc4ccc5c6ccccc6n(-c6cc(C(C)(C)C)ccn6)c5c4)c3)c3ccccc32)cc(C([2H])([2H])C(C)C)c1)C(C)C. The molecule has 0 spiro atoms. The van der Waals surface area contributed by atoms with E-state index in [2.05, 4.69) is 74.1 Å². The van der Waals surface area contributed by atoms with E-state index in [9.17, 15) is 11.0 Å². The molecule has 10 rings (SSSR count). The van der Waals surface area contributed by atoms with Crippen LogP contribution in [-0.2, 0) is 30.9 Å². The highest BCUT2D eigenvalue weighted by atomic mass is 16.5. The van der Waals surface area contributed by atoms with Crippen LogP contribution < -0.4 is 9.30 Å².